The van der Waals surface area contributed by atoms with E-state index in [1.807, 2.05) is 29.1 Å². The standard InChI is InChI=1S/C15H18N6/c1-9(2)7-21-8-10(6-18-21)14-13-11(16)4-3-5-12(13)19-15(17)20-14/h3-6,8-9H,7,16H2,1-2H3,(H2,17,19,20). The van der Waals surface area contributed by atoms with Crippen molar-refractivity contribution in [1.29, 1.82) is 0 Å². The summed E-state index contributed by atoms with van der Waals surface area (Å²) in [5, 5.41) is 5.19. The van der Waals surface area contributed by atoms with Crippen LogP contribution in [0.5, 0.6) is 0 Å². The van der Waals surface area contributed by atoms with Crippen LogP contribution in [-0.4, -0.2) is 19.7 Å². The van der Waals surface area contributed by atoms with Crippen molar-refractivity contribution < 1.29 is 0 Å². The molecule has 0 unspecified atom stereocenters. The topological polar surface area (TPSA) is 95.6 Å². The van der Waals surface area contributed by atoms with Crippen molar-refractivity contribution in [3.8, 4) is 11.3 Å². The van der Waals surface area contributed by atoms with Gasteiger partial charge in [0.15, 0.2) is 0 Å². The predicted molar refractivity (Wildman–Crippen MR) is 84.4 cm³/mol. The number of aromatic nitrogens is 4. The van der Waals surface area contributed by atoms with Crippen molar-refractivity contribution in [2.75, 3.05) is 11.5 Å². The minimum absolute atomic E-state index is 0.236. The largest absolute Gasteiger partial charge is 0.398 e. The molecule has 0 radical (unpaired) electrons. The lowest BCUT2D eigenvalue weighted by atomic mass is 10.1. The normalized spacial score (nSPS) is 11.4. The number of hydrogen-bond acceptors (Lipinski definition) is 5. The number of nitrogens with two attached hydrogens (primary N) is 2. The Labute approximate surface area is 122 Å². The molecule has 0 aliphatic carbocycles. The molecule has 6 heteroatoms. The number of nitrogen functional groups attached to an aromatic ring is 2. The lowest BCUT2D eigenvalue weighted by molar-refractivity contribution is 0.483. The van der Waals surface area contributed by atoms with Gasteiger partial charge in [0.2, 0.25) is 5.95 Å². The van der Waals surface area contributed by atoms with Crippen LogP contribution in [0, 0.1) is 5.92 Å². The minimum Gasteiger partial charge on any atom is -0.398 e. The van der Waals surface area contributed by atoms with Crippen molar-refractivity contribution in [3.63, 3.8) is 0 Å². The Bertz CT molecular complexity index is 790. The molecule has 0 amide bonds. The van der Waals surface area contributed by atoms with Crippen molar-refractivity contribution in [3.05, 3.63) is 30.6 Å². The summed E-state index contributed by atoms with van der Waals surface area (Å²) >= 11 is 0. The van der Waals surface area contributed by atoms with Gasteiger partial charge in [-0.2, -0.15) is 5.10 Å². The summed E-state index contributed by atoms with van der Waals surface area (Å²) in [6.45, 7) is 5.16. The zero-order valence-electron chi connectivity index (χ0n) is 12.1. The van der Waals surface area contributed by atoms with E-state index in [2.05, 4.69) is 28.9 Å². The Morgan fingerprint density at radius 1 is 1.19 bits per heavy atom. The van der Waals surface area contributed by atoms with Crippen LogP contribution in [0.4, 0.5) is 11.6 Å². The maximum atomic E-state index is 6.08. The number of anilines is 2. The Hall–Kier alpha value is -2.63. The maximum Gasteiger partial charge on any atom is 0.221 e. The van der Waals surface area contributed by atoms with E-state index in [0.29, 0.717) is 11.6 Å². The van der Waals surface area contributed by atoms with Gasteiger partial charge in [-0.3, -0.25) is 4.68 Å². The molecule has 1 aromatic carbocycles. The van der Waals surface area contributed by atoms with Gasteiger partial charge in [0.05, 0.1) is 17.4 Å². The van der Waals surface area contributed by atoms with Crippen LogP contribution in [0.3, 0.4) is 0 Å². The average molecular weight is 282 g/mol. The fourth-order valence-corrected chi connectivity index (χ4v) is 2.40. The van der Waals surface area contributed by atoms with Gasteiger partial charge in [0.25, 0.3) is 0 Å². The second kappa shape index (κ2) is 5.05. The molecule has 2 aromatic heterocycles. The fourth-order valence-electron chi connectivity index (χ4n) is 2.40. The second-order valence-electron chi connectivity index (χ2n) is 5.52. The molecule has 2 heterocycles. The van der Waals surface area contributed by atoms with Crippen molar-refractivity contribution in [2.24, 2.45) is 5.92 Å². The molecule has 0 saturated heterocycles. The van der Waals surface area contributed by atoms with E-state index in [1.165, 1.54) is 0 Å². The summed E-state index contributed by atoms with van der Waals surface area (Å²) in [7, 11) is 0. The van der Waals surface area contributed by atoms with Crippen LogP contribution in [0.1, 0.15) is 13.8 Å². The molecule has 6 nitrogen and oxygen atoms in total. The molecule has 3 rings (SSSR count). The lowest BCUT2D eigenvalue weighted by Crippen LogP contribution is -2.04. The number of rotatable bonds is 3. The highest BCUT2D eigenvalue weighted by Gasteiger charge is 2.13. The van der Waals surface area contributed by atoms with Crippen LogP contribution >= 0.6 is 0 Å². The lowest BCUT2D eigenvalue weighted by Gasteiger charge is -2.07. The third-order valence-electron chi connectivity index (χ3n) is 3.23. The summed E-state index contributed by atoms with van der Waals surface area (Å²) in [5.41, 5.74) is 14.9. The quantitative estimate of drug-likeness (QED) is 0.719. The molecule has 0 aliphatic rings. The smallest absolute Gasteiger partial charge is 0.221 e. The first-order valence-corrected chi connectivity index (χ1v) is 6.89. The summed E-state index contributed by atoms with van der Waals surface area (Å²) in [4.78, 5) is 8.60. The van der Waals surface area contributed by atoms with Gasteiger partial charge in [-0.15, -0.1) is 0 Å². The Kier molecular flexibility index (Phi) is 3.21. The first-order chi connectivity index (χ1) is 10.0. The van der Waals surface area contributed by atoms with Gasteiger partial charge >= 0.3 is 0 Å². The van der Waals surface area contributed by atoms with E-state index in [1.54, 1.807) is 6.20 Å². The van der Waals surface area contributed by atoms with E-state index in [4.69, 9.17) is 11.5 Å². The van der Waals surface area contributed by atoms with Gasteiger partial charge in [-0.25, -0.2) is 9.97 Å². The van der Waals surface area contributed by atoms with Crippen LogP contribution in [0.25, 0.3) is 22.2 Å². The van der Waals surface area contributed by atoms with E-state index >= 15 is 0 Å². The summed E-state index contributed by atoms with van der Waals surface area (Å²) in [6, 6.07) is 5.58. The summed E-state index contributed by atoms with van der Waals surface area (Å²) in [6.07, 6.45) is 3.75. The Morgan fingerprint density at radius 2 is 2.00 bits per heavy atom. The summed E-state index contributed by atoms with van der Waals surface area (Å²) in [5.74, 6) is 0.759. The molecular weight excluding hydrogens is 264 g/mol. The number of fused-ring (bicyclic) bond motifs is 1. The van der Waals surface area contributed by atoms with Gasteiger partial charge in [0.1, 0.15) is 0 Å². The van der Waals surface area contributed by atoms with E-state index in [9.17, 15) is 0 Å². The molecule has 3 aromatic rings. The predicted octanol–water partition coefficient (Wildman–Crippen LogP) is 2.31. The molecular formula is C15H18N6. The first kappa shape index (κ1) is 13.4. The van der Waals surface area contributed by atoms with Crippen molar-refractivity contribution in [1.82, 2.24) is 19.7 Å². The van der Waals surface area contributed by atoms with Crippen molar-refractivity contribution >= 4 is 22.5 Å². The van der Waals surface area contributed by atoms with Gasteiger partial charge in [0, 0.05) is 29.4 Å². The van der Waals surface area contributed by atoms with E-state index in [0.717, 1.165) is 28.7 Å². The van der Waals surface area contributed by atoms with Gasteiger partial charge in [-0.05, 0) is 18.1 Å². The number of nitrogens with zero attached hydrogens (tertiary/aromatic N) is 4. The molecule has 0 spiro atoms. The molecule has 0 aliphatic heterocycles. The summed E-state index contributed by atoms with van der Waals surface area (Å²) < 4.78 is 1.91. The van der Waals surface area contributed by atoms with Gasteiger partial charge < -0.3 is 11.5 Å². The molecule has 0 atom stereocenters. The van der Waals surface area contributed by atoms with E-state index < -0.39 is 0 Å². The molecule has 0 bridgehead atoms. The molecule has 4 N–H and O–H groups in total. The maximum absolute atomic E-state index is 6.08. The van der Waals surface area contributed by atoms with Gasteiger partial charge in [-0.1, -0.05) is 19.9 Å². The van der Waals surface area contributed by atoms with Crippen LogP contribution in [0.15, 0.2) is 30.6 Å². The monoisotopic (exact) mass is 282 g/mol. The molecule has 0 saturated carbocycles. The van der Waals surface area contributed by atoms with Crippen LogP contribution in [0.2, 0.25) is 0 Å². The zero-order valence-corrected chi connectivity index (χ0v) is 12.1. The highest BCUT2D eigenvalue weighted by molar-refractivity contribution is 6.01. The zero-order chi connectivity index (χ0) is 15.0. The third-order valence-corrected chi connectivity index (χ3v) is 3.23. The van der Waals surface area contributed by atoms with Crippen LogP contribution in [-0.2, 0) is 6.54 Å². The highest BCUT2D eigenvalue weighted by atomic mass is 15.3. The van der Waals surface area contributed by atoms with Crippen molar-refractivity contribution in [2.45, 2.75) is 20.4 Å². The van der Waals surface area contributed by atoms with E-state index in [-0.39, 0.29) is 5.95 Å². The number of benzene rings is 1. The second-order valence-corrected chi connectivity index (χ2v) is 5.52. The average Bonchev–Trinajstić information content (AvgIpc) is 2.85. The first-order valence-electron chi connectivity index (χ1n) is 6.89. The molecule has 21 heavy (non-hydrogen) atoms. The number of hydrogen-bond donors (Lipinski definition) is 2. The molecule has 0 fully saturated rings. The minimum atomic E-state index is 0.236. The third kappa shape index (κ3) is 2.52. The Balaban J connectivity index is 2.17. The Morgan fingerprint density at radius 3 is 2.76 bits per heavy atom. The SMILES string of the molecule is CC(C)Cn1cc(-c2nc(N)nc3cccc(N)c23)cn1. The molecule has 108 valence electrons. The highest BCUT2D eigenvalue weighted by Crippen LogP contribution is 2.30. The van der Waals surface area contributed by atoms with Crippen LogP contribution < -0.4 is 11.5 Å². The fraction of sp³-hybridized carbons (Fsp3) is 0.267.